The van der Waals surface area contributed by atoms with Crippen LogP contribution in [0.5, 0.6) is 0 Å². The summed E-state index contributed by atoms with van der Waals surface area (Å²) in [5.74, 6) is -49.7. The Hall–Kier alpha value is -5.01. The lowest BCUT2D eigenvalue weighted by Gasteiger charge is -2.40. The maximum Gasteiger partial charge on any atom is 0.460 e. The number of rotatable bonds is 11. The number of amides is 1. The van der Waals surface area contributed by atoms with Crippen molar-refractivity contribution < 1.29 is 93.7 Å². The zero-order chi connectivity index (χ0) is 47.1. The average Bonchev–Trinajstić information content (AvgIpc) is 3.36. The second-order valence-electron chi connectivity index (χ2n) is 15.0. The molecule has 62 heavy (non-hydrogen) atoms. The van der Waals surface area contributed by atoms with Crippen LogP contribution in [0.2, 0.25) is 0 Å². The van der Waals surface area contributed by atoms with E-state index in [4.69, 9.17) is 5.41 Å². The van der Waals surface area contributed by atoms with E-state index in [1.807, 2.05) is 4.98 Å². The second kappa shape index (κ2) is 15.4. The molecule has 0 saturated heterocycles. The molecule has 2 fully saturated rings. The number of nitrogens with one attached hydrogen (secondary N) is 4. The standard InChI is InChI=1S/C35H28F18N4O5/c36-28(37,30(40,41)32(44,45)34(48,49)50)12-1-5-14(6-2-12)55-23(54)22-19(27(61)62)11-18(20-16-9-10-17(21(20)22)25(59)57-24(16)58)26(60)56-15-7-3-13(4-8-15)29(38,39)31(42,43)33(46,47)35(51,52)53/h9-15H,1-8H2,(H2,54,55)(H,56,60)(H,61,62)(H,57,58,59)/t12-,13-,14-,15-. The lowest BCUT2D eigenvalue weighted by molar-refractivity contribution is -0.404. The topological polar surface area (TPSA) is 152 Å². The molecule has 344 valence electrons. The predicted molar refractivity (Wildman–Crippen MR) is 177 cm³/mol. The molecule has 2 aliphatic carbocycles. The molecule has 0 unspecified atom stereocenters. The van der Waals surface area contributed by atoms with Gasteiger partial charge in [0.1, 0.15) is 5.84 Å². The number of alkyl halides is 18. The molecule has 9 nitrogen and oxygen atoms in total. The van der Waals surface area contributed by atoms with Gasteiger partial charge in [-0.15, -0.1) is 0 Å². The van der Waals surface area contributed by atoms with Gasteiger partial charge in [0.05, 0.1) is 5.56 Å². The van der Waals surface area contributed by atoms with Crippen LogP contribution in [-0.4, -0.2) is 87.8 Å². The number of carbonyl (C=O) groups is 2. The highest BCUT2D eigenvalue weighted by Gasteiger charge is 2.84. The maximum absolute atomic E-state index is 14.6. The first-order valence-corrected chi connectivity index (χ1v) is 17.9. The molecule has 6 rings (SSSR count). The quantitative estimate of drug-likeness (QED) is 0.0737. The number of aromatic amines is 1. The van der Waals surface area contributed by atoms with Gasteiger partial charge in [0, 0.05) is 56.6 Å². The number of carboxylic acids is 1. The summed E-state index contributed by atoms with van der Waals surface area (Å²) in [6.07, 6.45) is -21.6. The summed E-state index contributed by atoms with van der Waals surface area (Å²) in [6.45, 7) is 0. The highest BCUT2D eigenvalue weighted by molar-refractivity contribution is 6.27. The van der Waals surface area contributed by atoms with Crippen LogP contribution < -0.4 is 21.8 Å². The Morgan fingerprint density at radius 1 is 0.565 bits per heavy atom. The number of carbonyl (C=O) groups excluding carboxylic acids is 1. The van der Waals surface area contributed by atoms with E-state index < -0.39 is 190 Å². The summed E-state index contributed by atoms with van der Waals surface area (Å²) in [4.78, 5) is 54.4. The SMILES string of the molecule is N=C(N[C@H]1CC[C@H](C(F)(F)C(F)(F)C(F)(F)C(F)(F)F)CC1)c1c(C(=O)O)cc(C(=O)N[C@H]2CC[C@H](C(F)(F)C(F)(F)C(F)(F)C(F)(F)F)CC2)c2c3ccc(c(=O)[nH]c3=O)c12. The van der Waals surface area contributed by atoms with Crippen LogP contribution in [0.3, 0.4) is 0 Å². The smallest absolute Gasteiger partial charge is 0.460 e. The number of halogens is 18. The molecule has 2 heterocycles. The number of aromatic carboxylic acids is 1. The van der Waals surface area contributed by atoms with Gasteiger partial charge in [-0.3, -0.25) is 24.8 Å². The van der Waals surface area contributed by atoms with E-state index in [9.17, 15) is 103 Å². The third-order valence-corrected chi connectivity index (χ3v) is 11.2. The third-order valence-electron chi connectivity index (χ3n) is 11.2. The molecule has 0 radical (unpaired) electrons. The number of aromatic nitrogens is 1. The Balaban J connectivity index is 1.44. The predicted octanol–water partition coefficient (Wildman–Crippen LogP) is 8.88. The summed E-state index contributed by atoms with van der Waals surface area (Å²) < 4.78 is 245. The maximum atomic E-state index is 14.6. The number of amidine groups is 1. The fraction of sp³-hybridized carbons (Fsp3) is 0.571. The van der Waals surface area contributed by atoms with Gasteiger partial charge >= 0.3 is 53.9 Å². The van der Waals surface area contributed by atoms with Crippen molar-refractivity contribution in [3.05, 3.63) is 55.6 Å². The molecule has 5 N–H and O–H groups in total. The van der Waals surface area contributed by atoms with E-state index in [1.54, 1.807) is 0 Å². The first kappa shape index (κ1) is 48.0. The van der Waals surface area contributed by atoms with Crippen LogP contribution in [0.1, 0.15) is 77.6 Å². The summed E-state index contributed by atoms with van der Waals surface area (Å²) in [5, 5.41) is 21.3. The molecule has 2 bridgehead atoms. The minimum absolute atomic E-state index is 0.541. The molecule has 2 aliphatic rings. The van der Waals surface area contributed by atoms with Crippen molar-refractivity contribution in [3.63, 3.8) is 0 Å². The Morgan fingerprint density at radius 3 is 1.31 bits per heavy atom. The molecule has 0 atom stereocenters. The van der Waals surface area contributed by atoms with Crippen molar-refractivity contribution in [1.82, 2.24) is 15.6 Å². The number of H-pyrrole nitrogens is 1. The van der Waals surface area contributed by atoms with Gasteiger partial charge in [-0.05, 0) is 69.6 Å². The lowest BCUT2D eigenvalue weighted by Crippen LogP contribution is -2.63. The largest absolute Gasteiger partial charge is 0.478 e. The average molecular weight is 927 g/mol. The molecule has 0 spiro atoms. The van der Waals surface area contributed by atoms with Gasteiger partial charge in [-0.1, -0.05) is 0 Å². The van der Waals surface area contributed by atoms with E-state index in [0.29, 0.717) is 6.07 Å². The number of benzene rings is 2. The molecular formula is C35H28F18N4O5. The normalized spacial score (nSPS) is 21.6. The Morgan fingerprint density at radius 2 is 0.935 bits per heavy atom. The highest BCUT2D eigenvalue weighted by atomic mass is 19.4. The van der Waals surface area contributed by atoms with E-state index in [0.717, 1.165) is 12.1 Å². The van der Waals surface area contributed by atoms with Crippen molar-refractivity contribution >= 4 is 39.3 Å². The fourth-order valence-electron chi connectivity index (χ4n) is 7.82. The third kappa shape index (κ3) is 7.52. The van der Waals surface area contributed by atoms with Crippen molar-refractivity contribution in [1.29, 1.82) is 5.41 Å². The van der Waals surface area contributed by atoms with Gasteiger partial charge < -0.3 is 15.7 Å². The molecule has 1 amide bonds. The van der Waals surface area contributed by atoms with Crippen molar-refractivity contribution in [2.75, 3.05) is 0 Å². The molecule has 0 aliphatic heterocycles. The molecule has 2 aromatic carbocycles. The fourth-order valence-corrected chi connectivity index (χ4v) is 7.82. The molecule has 2 aromatic heterocycles. The van der Waals surface area contributed by atoms with Crippen LogP contribution in [0.25, 0.3) is 21.5 Å². The highest BCUT2D eigenvalue weighted by Crippen LogP contribution is 2.58. The molecule has 4 aromatic rings. The van der Waals surface area contributed by atoms with Gasteiger partial charge in [0.25, 0.3) is 17.0 Å². The van der Waals surface area contributed by atoms with Gasteiger partial charge in [-0.2, -0.15) is 79.0 Å². The van der Waals surface area contributed by atoms with Crippen LogP contribution in [-0.2, 0) is 0 Å². The minimum Gasteiger partial charge on any atom is -0.478 e. The van der Waals surface area contributed by atoms with E-state index in [2.05, 4.69) is 10.6 Å². The number of fused-ring (bicyclic) bond motifs is 3. The molecular weight excluding hydrogens is 898 g/mol. The molecule has 2 saturated carbocycles. The van der Waals surface area contributed by atoms with Crippen LogP contribution in [0.4, 0.5) is 79.0 Å². The summed E-state index contributed by atoms with van der Waals surface area (Å²) in [5.41, 5.74) is -5.00. The first-order valence-electron chi connectivity index (χ1n) is 17.9. The van der Waals surface area contributed by atoms with Crippen molar-refractivity contribution in [3.8, 4) is 0 Å². The van der Waals surface area contributed by atoms with Crippen LogP contribution in [0, 0.1) is 17.2 Å². The van der Waals surface area contributed by atoms with Crippen LogP contribution >= 0.6 is 0 Å². The monoisotopic (exact) mass is 926 g/mol. The van der Waals surface area contributed by atoms with E-state index in [1.165, 1.54) is 0 Å². The first-order chi connectivity index (χ1) is 28.1. The zero-order valence-corrected chi connectivity index (χ0v) is 30.6. The van der Waals surface area contributed by atoms with Gasteiger partial charge in [0.15, 0.2) is 0 Å². The Labute approximate surface area is 333 Å². The van der Waals surface area contributed by atoms with E-state index >= 15 is 0 Å². The zero-order valence-electron chi connectivity index (χ0n) is 30.6. The summed E-state index contributed by atoms with van der Waals surface area (Å²) >= 11 is 0. The summed E-state index contributed by atoms with van der Waals surface area (Å²) in [6, 6.07) is -0.128. The van der Waals surface area contributed by atoms with Gasteiger partial charge in [0.2, 0.25) is 0 Å². The minimum atomic E-state index is -7.15. The Kier molecular flexibility index (Phi) is 11.9. The lowest BCUT2D eigenvalue weighted by atomic mass is 9.78. The number of hydrogen-bond donors (Lipinski definition) is 5. The summed E-state index contributed by atoms with van der Waals surface area (Å²) in [7, 11) is 0. The molecule has 27 heteroatoms. The Bertz CT molecular complexity index is 2360. The van der Waals surface area contributed by atoms with Crippen molar-refractivity contribution in [2.45, 2.75) is 111 Å². The second-order valence-corrected chi connectivity index (χ2v) is 15.0. The van der Waals surface area contributed by atoms with Crippen molar-refractivity contribution in [2.24, 2.45) is 11.8 Å². The van der Waals surface area contributed by atoms with Gasteiger partial charge in [-0.25, -0.2) is 4.79 Å². The van der Waals surface area contributed by atoms with E-state index in [-0.39, 0.29) is 0 Å². The number of hydrogen-bond acceptors (Lipinski definition) is 5. The number of carboxylic acid groups (broad SMARTS) is 1. The van der Waals surface area contributed by atoms with Crippen LogP contribution in [0.15, 0.2) is 27.8 Å².